The van der Waals surface area contributed by atoms with Crippen LogP contribution in [0.25, 0.3) is 0 Å². The molecule has 122 valence electrons. The van der Waals surface area contributed by atoms with E-state index in [0.29, 0.717) is 5.03 Å². The Kier molecular flexibility index (Phi) is 4.56. The zero-order valence-corrected chi connectivity index (χ0v) is 14.2. The zero-order valence-electron chi connectivity index (χ0n) is 13.4. The zero-order chi connectivity index (χ0) is 16.4. The van der Waals surface area contributed by atoms with Crippen LogP contribution in [-0.4, -0.2) is 28.5 Å². The monoisotopic (exact) mass is 332 g/mol. The summed E-state index contributed by atoms with van der Waals surface area (Å²) in [6, 6.07) is 5.19. The first-order valence-electron chi connectivity index (χ1n) is 7.70. The summed E-state index contributed by atoms with van der Waals surface area (Å²) in [6.07, 6.45) is 5.70. The number of pyridine rings is 1. The number of carbonyl (C=O) groups is 1. The topological polar surface area (TPSA) is 65.1 Å². The average molecular weight is 332 g/mol. The standard InChI is InChI=1S/C16H20N4O2S/c1-18(14(21)11-23-15-9-5-6-10-20(15)22)16-12-7-3-4-8-13(12)17-19(16)2/h5-6,9-10H,3-4,7-8,11H2,1-2H3. The number of aryl methyl sites for hydroxylation is 2. The Balaban J connectivity index is 1.73. The molecule has 2 aromatic rings. The molecule has 2 aromatic heterocycles. The summed E-state index contributed by atoms with van der Waals surface area (Å²) in [5.41, 5.74) is 2.31. The molecule has 2 heterocycles. The molecule has 1 amide bonds. The summed E-state index contributed by atoms with van der Waals surface area (Å²) in [4.78, 5) is 14.2. The van der Waals surface area contributed by atoms with E-state index in [2.05, 4.69) is 5.10 Å². The summed E-state index contributed by atoms with van der Waals surface area (Å²) in [7, 11) is 3.67. The molecule has 0 aromatic carbocycles. The predicted molar refractivity (Wildman–Crippen MR) is 89.4 cm³/mol. The Bertz CT molecular complexity index is 729. The summed E-state index contributed by atoms with van der Waals surface area (Å²) < 4.78 is 2.58. The van der Waals surface area contributed by atoms with Crippen LogP contribution in [-0.2, 0) is 24.7 Å². The van der Waals surface area contributed by atoms with Gasteiger partial charge in [-0.2, -0.15) is 9.83 Å². The smallest absolute Gasteiger partial charge is 0.251 e. The number of nitrogens with zero attached hydrogens (tertiary/aromatic N) is 4. The van der Waals surface area contributed by atoms with Gasteiger partial charge in [0, 0.05) is 31.8 Å². The maximum atomic E-state index is 12.5. The van der Waals surface area contributed by atoms with Crippen LogP contribution in [0.5, 0.6) is 0 Å². The number of hydrogen-bond donors (Lipinski definition) is 0. The maximum Gasteiger partial charge on any atom is 0.251 e. The molecule has 1 aliphatic carbocycles. The molecule has 7 heteroatoms. The second-order valence-electron chi connectivity index (χ2n) is 5.69. The molecule has 23 heavy (non-hydrogen) atoms. The van der Waals surface area contributed by atoms with E-state index >= 15 is 0 Å². The Morgan fingerprint density at radius 3 is 3.00 bits per heavy atom. The third-order valence-electron chi connectivity index (χ3n) is 4.11. The van der Waals surface area contributed by atoms with Crippen molar-refractivity contribution in [2.45, 2.75) is 30.7 Å². The quantitative estimate of drug-likeness (QED) is 0.485. The van der Waals surface area contributed by atoms with Crippen molar-refractivity contribution in [3.05, 3.63) is 40.9 Å². The summed E-state index contributed by atoms with van der Waals surface area (Å²) in [6.45, 7) is 0. The molecule has 0 unspecified atom stereocenters. The van der Waals surface area contributed by atoms with Crippen LogP contribution in [0.4, 0.5) is 5.82 Å². The van der Waals surface area contributed by atoms with Crippen LogP contribution in [0.3, 0.4) is 0 Å². The predicted octanol–water partition coefficient (Wildman–Crippen LogP) is 1.69. The number of carbonyl (C=O) groups excluding carboxylic acids is 1. The molecule has 0 spiro atoms. The van der Waals surface area contributed by atoms with Crippen molar-refractivity contribution in [3.8, 4) is 0 Å². The molecule has 0 N–H and O–H groups in total. The van der Waals surface area contributed by atoms with Crippen molar-refractivity contribution in [1.29, 1.82) is 0 Å². The summed E-state index contributed by atoms with van der Waals surface area (Å²) >= 11 is 1.25. The van der Waals surface area contributed by atoms with Gasteiger partial charge in [0.25, 0.3) is 5.03 Å². The van der Waals surface area contributed by atoms with Crippen LogP contribution in [0.1, 0.15) is 24.1 Å². The van der Waals surface area contributed by atoms with E-state index in [1.165, 1.54) is 23.5 Å². The normalized spacial score (nSPS) is 13.7. The Morgan fingerprint density at radius 2 is 2.22 bits per heavy atom. The van der Waals surface area contributed by atoms with Gasteiger partial charge in [-0.3, -0.25) is 14.4 Å². The summed E-state index contributed by atoms with van der Waals surface area (Å²) in [5, 5.41) is 16.7. The highest BCUT2D eigenvalue weighted by atomic mass is 32.2. The molecule has 6 nitrogen and oxygen atoms in total. The molecular weight excluding hydrogens is 312 g/mol. The number of aromatic nitrogens is 3. The van der Waals surface area contributed by atoms with Crippen molar-refractivity contribution >= 4 is 23.5 Å². The highest BCUT2D eigenvalue weighted by Gasteiger charge is 2.25. The van der Waals surface area contributed by atoms with Crippen molar-refractivity contribution < 1.29 is 9.52 Å². The van der Waals surface area contributed by atoms with Crippen LogP contribution >= 0.6 is 11.8 Å². The van der Waals surface area contributed by atoms with Crippen LogP contribution in [0.15, 0.2) is 29.4 Å². The van der Waals surface area contributed by atoms with Crippen molar-refractivity contribution in [1.82, 2.24) is 9.78 Å². The first-order chi connectivity index (χ1) is 11.1. The minimum atomic E-state index is -0.0322. The van der Waals surface area contributed by atoms with E-state index in [-0.39, 0.29) is 11.7 Å². The molecule has 0 atom stereocenters. The van der Waals surface area contributed by atoms with E-state index in [0.717, 1.165) is 41.9 Å². The van der Waals surface area contributed by atoms with Gasteiger partial charge in [0.2, 0.25) is 5.91 Å². The minimum absolute atomic E-state index is 0.0322. The van der Waals surface area contributed by atoms with Gasteiger partial charge in [-0.15, -0.1) is 0 Å². The van der Waals surface area contributed by atoms with Crippen LogP contribution in [0.2, 0.25) is 0 Å². The van der Waals surface area contributed by atoms with Gasteiger partial charge in [0.1, 0.15) is 5.82 Å². The lowest BCUT2D eigenvalue weighted by molar-refractivity contribution is -0.645. The maximum absolute atomic E-state index is 12.5. The minimum Gasteiger partial charge on any atom is -0.618 e. The van der Waals surface area contributed by atoms with E-state index < -0.39 is 0 Å². The molecule has 0 fully saturated rings. The van der Waals surface area contributed by atoms with Crippen molar-refractivity contribution in [2.24, 2.45) is 7.05 Å². The number of anilines is 1. The molecular formula is C16H20N4O2S. The second kappa shape index (κ2) is 6.62. The Hall–Kier alpha value is -2.02. The molecule has 0 radical (unpaired) electrons. The number of hydrogen-bond acceptors (Lipinski definition) is 4. The molecule has 1 aliphatic rings. The average Bonchev–Trinajstić information content (AvgIpc) is 2.89. The lowest BCUT2D eigenvalue weighted by atomic mass is 9.97. The molecule has 0 saturated heterocycles. The van der Waals surface area contributed by atoms with Gasteiger partial charge in [0.15, 0.2) is 6.20 Å². The third-order valence-corrected chi connectivity index (χ3v) is 5.11. The van der Waals surface area contributed by atoms with Crippen molar-refractivity contribution in [2.75, 3.05) is 17.7 Å². The van der Waals surface area contributed by atoms with Crippen LogP contribution < -0.4 is 9.63 Å². The van der Waals surface area contributed by atoms with E-state index in [4.69, 9.17) is 0 Å². The largest absolute Gasteiger partial charge is 0.618 e. The highest BCUT2D eigenvalue weighted by molar-refractivity contribution is 7.99. The van der Waals surface area contributed by atoms with E-state index in [9.17, 15) is 10.0 Å². The fourth-order valence-electron chi connectivity index (χ4n) is 2.96. The molecule has 0 bridgehead atoms. The Morgan fingerprint density at radius 1 is 1.43 bits per heavy atom. The number of fused-ring (bicyclic) bond motifs is 1. The van der Waals surface area contributed by atoms with Gasteiger partial charge in [-0.05, 0) is 43.5 Å². The number of rotatable bonds is 4. The summed E-state index contributed by atoms with van der Waals surface area (Å²) in [5.74, 6) is 1.08. The fourth-order valence-corrected chi connectivity index (χ4v) is 3.79. The number of thioether (sulfide) groups is 1. The lowest BCUT2D eigenvalue weighted by Gasteiger charge is -2.20. The SMILES string of the molecule is CN(C(=O)CSc1cccc[n+]1[O-])c1c2c(nn1C)CCCC2. The van der Waals surface area contributed by atoms with E-state index in [1.807, 2.05) is 7.05 Å². The first kappa shape index (κ1) is 15.9. The number of amides is 1. The fraction of sp³-hybridized carbons (Fsp3) is 0.438. The van der Waals surface area contributed by atoms with Gasteiger partial charge < -0.3 is 5.21 Å². The molecule has 0 aliphatic heterocycles. The van der Waals surface area contributed by atoms with Crippen molar-refractivity contribution in [3.63, 3.8) is 0 Å². The highest BCUT2D eigenvalue weighted by Crippen LogP contribution is 2.29. The van der Waals surface area contributed by atoms with Gasteiger partial charge >= 0.3 is 0 Å². The molecule has 3 rings (SSSR count). The van der Waals surface area contributed by atoms with E-state index in [1.54, 1.807) is 34.8 Å². The first-order valence-corrected chi connectivity index (χ1v) is 8.69. The van der Waals surface area contributed by atoms with Gasteiger partial charge in [-0.25, -0.2) is 0 Å². The van der Waals surface area contributed by atoms with Gasteiger partial charge in [-0.1, -0.05) is 0 Å². The van der Waals surface area contributed by atoms with Gasteiger partial charge in [0.05, 0.1) is 11.4 Å². The lowest BCUT2D eigenvalue weighted by Crippen LogP contribution is -2.32. The second-order valence-corrected chi connectivity index (χ2v) is 6.68. The third kappa shape index (κ3) is 3.19. The molecule has 0 saturated carbocycles. The Labute approximate surface area is 139 Å². The van der Waals surface area contributed by atoms with Crippen LogP contribution in [0, 0.1) is 5.21 Å².